The molecule has 4 aromatic rings. The van der Waals surface area contributed by atoms with Crippen molar-refractivity contribution in [2.45, 2.75) is 33.0 Å². The van der Waals surface area contributed by atoms with Crippen LogP contribution in [0.2, 0.25) is 0 Å². The summed E-state index contributed by atoms with van der Waals surface area (Å²) in [6, 6.07) is 13.3. The molecule has 2 aromatic carbocycles. The lowest BCUT2D eigenvalue weighted by molar-refractivity contribution is 0.118. The number of fused-ring (bicyclic) bond motifs is 2. The molecule has 7 nitrogen and oxygen atoms in total. The van der Waals surface area contributed by atoms with E-state index < -0.39 is 0 Å². The second kappa shape index (κ2) is 9.21. The average Bonchev–Trinajstić information content (AvgIpc) is 3.15. The number of aryl methyl sites for hydroxylation is 1. The number of rotatable bonds is 6. The van der Waals surface area contributed by atoms with Crippen LogP contribution in [0.15, 0.2) is 42.7 Å². The topological polar surface area (TPSA) is 65.0 Å². The van der Waals surface area contributed by atoms with Crippen molar-refractivity contribution >= 4 is 40.0 Å². The second-order valence-electron chi connectivity index (χ2n) is 8.85. The molecule has 1 fully saturated rings. The van der Waals surface area contributed by atoms with Crippen LogP contribution in [0.5, 0.6) is 0 Å². The molecule has 1 aliphatic heterocycles. The molecule has 0 amide bonds. The Kier molecular flexibility index (Phi) is 6.14. The van der Waals surface area contributed by atoms with Gasteiger partial charge in [0.15, 0.2) is 4.77 Å². The molecule has 5 rings (SSSR count). The largest absolute Gasteiger partial charge is 0.365 e. The summed E-state index contributed by atoms with van der Waals surface area (Å²) in [5.41, 5.74) is 5.67. The second-order valence-corrected chi connectivity index (χ2v) is 9.24. The van der Waals surface area contributed by atoms with E-state index in [1.165, 1.54) is 11.1 Å². The highest BCUT2D eigenvalue weighted by molar-refractivity contribution is 7.71. The third kappa shape index (κ3) is 4.26. The number of hydrogen-bond acceptors (Lipinski definition) is 6. The first-order valence-corrected chi connectivity index (χ1v) is 12.1. The number of nitrogens with zero attached hydrogens (tertiary/aromatic N) is 5. The standard InChI is InChI=1S/C25H31N7S/c1-4-32-23-14-21-20(13-22(23)29-25(32)33)24(28-16-27-21)26-15-18-7-5-6-8-19(18)17(2)31-11-9-30(3)10-12-31/h5-8,13-14,16-17H,4,9-12,15H2,1-3H3,(H,29,33)(H,26,27,28). The van der Waals surface area contributed by atoms with E-state index in [0.717, 1.165) is 65.2 Å². The molecule has 2 aromatic heterocycles. The molecule has 1 unspecified atom stereocenters. The Bertz CT molecular complexity index is 1330. The highest BCUT2D eigenvalue weighted by Gasteiger charge is 2.22. The molecule has 1 atom stereocenters. The summed E-state index contributed by atoms with van der Waals surface area (Å²) in [6.07, 6.45) is 1.63. The quantitative estimate of drug-likeness (QED) is 0.410. The molecule has 3 heterocycles. The Hall–Kier alpha value is -2.81. The zero-order valence-corrected chi connectivity index (χ0v) is 20.3. The molecule has 0 spiro atoms. The fraction of sp³-hybridized carbons (Fsp3) is 0.400. The maximum absolute atomic E-state index is 5.49. The number of nitrogens with one attached hydrogen (secondary N) is 2. The first-order chi connectivity index (χ1) is 16.0. The fourth-order valence-electron chi connectivity index (χ4n) is 4.85. The molecule has 0 aliphatic carbocycles. The van der Waals surface area contributed by atoms with Crippen molar-refractivity contribution in [3.05, 3.63) is 58.6 Å². The third-order valence-corrected chi connectivity index (χ3v) is 7.21. The number of aromatic amines is 1. The lowest BCUT2D eigenvalue weighted by atomic mass is 9.99. The van der Waals surface area contributed by atoms with Crippen LogP contribution in [0.4, 0.5) is 5.82 Å². The SMILES string of the molecule is CCn1c(=S)[nH]c2cc3c(NCc4ccccc4C(C)N4CCN(C)CC4)ncnc3cc21. The summed E-state index contributed by atoms with van der Waals surface area (Å²) >= 11 is 5.49. The van der Waals surface area contributed by atoms with Gasteiger partial charge in [-0.05, 0) is 56.4 Å². The number of piperazine rings is 1. The molecule has 0 saturated carbocycles. The normalized spacial score (nSPS) is 16.5. The van der Waals surface area contributed by atoms with Crippen molar-refractivity contribution < 1.29 is 0 Å². The van der Waals surface area contributed by atoms with Gasteiger partial charge in [-0.15, -0.1) is 0 Å². The van der Waals surface area contributed by atoms with Gasteiger partial charge in [-0.3, -0.25) is 4.90 Å². The zero-order valence-electron chi connectivity index (χ0n) is 19.5. The van der Waals surface area contributed by atoms with Crippen LogP contribution in [0, 0.1) is 4.77 Å². The molecule has 8 heteroatoms. The minimum atomic E-state index is 0.382. The van der Waals surface area contributed by atoms with Crippen molar-refractivity contribution in [3.63, 3.8) is 0 Å². The van der Waals surface area contributed by atoms with Crippen molar-refractivity contribution in [1.82, 2.24) is 29.3 Å². The molecular weight excluding hydrogens is 430 g/mol. The number of imidazole rings is 1. The lowest BCUT2D eigenvalue weighted by Crippen LogP contribution is -2.45. The maximum atomic E-state index is 5.49. The molecule has 0 bridgehead atoms. The molecule has 0 radical (unpaired) electrons. The van der Waals surface area contributed by atoms with Crippen LogP contribution in [-0.4, -0.2) is 62.5 Å². The van der Waals surface area contributed by atoms with Crippen LogP contribution >= 0.6 is 12.2 Å². The van der Waals surface area contributed by atoms with Gasteiger partial charge in [0.05, 0.1) is 16.6 Å². The molecule has 1 saturated heterocycles. The predicted molar refractivity (Wildman–Crippen MR) is 137 cm³/mol. The van der Waals surface area contributed by atoms with Crippen LogP contribution < -0.4 is 5.32 Å². The van der Waals surface area contributed by atoms with Gasteiger partial charge in [-0.1, -0.05) is 24.3 Å². The van der Waals surface area contributed by atoms with Gasteiger partial charge < -0.3 is 19.8 Å². The van der Waals surface area contributed by atoms with E-state index in [0.29, 0.717) is 12.6 Å². The van der Waals surface area contributed by atoms with Crippen molar-refractivity contribution in [2.24, 2.45) is 0 Å². The number of likely N-dealkylation sites (N-methyl/N-ethyl adjacent to an activating group) is 1. The van der Waals surface area contributed by atoms with Crippen LogP contribution in [0.3, 0.4) is 0 Å². The summed E-state index contributed by atoms with van der Waals surface area (Å²) in [6.45, 7) is 10.4. The average molecular weight is 462 g/mol. The lowest BCUT2D eigenvalue weighted by Gasteiger charge is -2.37. The van der Waals surface area contributed by atoms with Gasteiger partial charge in [-0.25, -0.2) is 9.97 Å². The number of anilines is 1. The predicted octanol–water partition coefficient (Wildman–Crippen LogP) is 4.58. The summed E-state index contributed by atoms with van der Waals surface area (Å²) in [7, 11) is 2.20. The van der Waals surface area contributed by atoms with Gasteiger partial charge >= 0.3 is 0 Å². The third-order valence-electron chi connectivity index (χ3n) is 6.88. The summed E-state index contributed by atoms with van der Waals surface area (Å²) < 4.78 is 2.83. The van der Waals surface area contributed by atoms with Crippen LogP contribution in [0.25, 0.3) is 21.9 Å². The monoisotopic (exact) mass is 461 g/mol. The zero-order chi connectivity index (χ0) is 22.9. The van der Waals surface area contributed by atoms with E-state index in [-0.39, 0.29) is 0 Å². The first-order valence-electron chi connectivity index (χ1n) is 11.7. The summed E-state index contributed by atoms with van der Waals surface area (Å²) in [5, 5.41) is 4.58. The Balaban J connectivity index is 1.42. The Morgan fingerprint density at radius 2 is 1.91 bits per heavy atom. The number of hydrogen-bond donors (Lipinski definition) is 2. The van der Waals surface area contributed by atoms with Crippen molar-refractivity contribution in [2.75, 3.05) is 38.5 Å². The van der Waals surface area contributed by atoms with E-state index in [2.05, 4.69) is 91.9 Å². The van der Waals surface area contributed by atoms with Crippen LogP contribution in [0.1, 0.15) is 31.0 Å². The van der Waals surface area contributed by atoms with E-state index in [4.69, 9.17) is 12.2 Å². The van der Waals surface area contributed by atoms with E-state index >= 15 is 0 Å². The summed E-state index contributed by atoms with van der Waals surface area (Å²) in [5.74, 6) is 0.840. The highest BCUT2D eigenvalue weighted by Crippen LogP contribution is 2.28. The summed E-state index contributed by atoms with van der Waals surface area (Å²) in [4.78, 5) is 17.4. The minimum absolute atomic E-state index is 0.382. The van der Waals surface area contributed by atoms with Gasteiger partial charge in [0.2, 0.25) is 0 Å². The molecule has 2 N–H and O–H groups in total. The minimum Gasteiger partial charge on any atom is -0.365 e. The van der Waals surface area contributed by atoms with E-state index in [9.17, 15) is 0 Å². The first kappa shape index (κ1) is 22.0. The van der Waals surface area contributed by atoms with E-state index in [1.54, 1.807) is 6.33 Å². The Morgan fingerprint density at radius 3 is 2.70 bits per heavy atom. The Labute approximate surface area is 199 Å². The highest BCUT2D eigenvalue weighted by atomic mass is 32.1. The van der Waals surface area contributed by atoms with Crippen molar-refractivity contribution in [3.8, 4) is 0 Å². The van der Waals surface area contributed by atoms with Gasteiger partial charge in [0, 0.05) is 50.7 Å². The maximum Gasteiger partial charge on any atom is 0.178 e. The smallest absolute Gasteiger partial charge is 0.178 e. The molecule has 1 aliphatic rings. The van der Waals surface area contributed by atoms with Gasteiger partial charge in [-0.2, -0.15) is 0 Å². The van der Waals surface area contributed by atoms with E-state index in [1.807, 2.05) is 0 Å². The Morgan fingerprint density at radius 1 is 1.12 bits per heavy atom. The van der Waals surface area contributed by atoms with Crippen molar-refractivity contribution in [1.29, 1.82) is 0 Å². The van der Waals surface area contributed by atoms with Gasteiger partial charge in [0.1, 0.15) is 12.1 Å². The van der Waals surface area contributed by atoms with Crippen LogP contribution in [-0.2, 0) is 13.1 Å². The number of H-pyrrole nitrogens is 1. The number of aromatic nitrogens is 4. The molecule has 172 valence electrons. The molecular formula is C25H31N7S. The molecule has 33 heavy (non-hydrogen) atoms. The fourth-order valence-corrected chi connectivity index (χ4v) is 5.19. The van der Waals surface area contributed by atoms with Gasteiger partial charge in [0.25, 0.3) is 0 Å². The number of benzene rings is 2.